The smallest absolute Gasteiger partial charge is 0.255 e. The minimum Gasteiger partial charge on any atom is -0.495 e. The van der Waals surface area contributed by atoms with Crippen LogP contribution in [0.1, 0.15) is 91.1 Å². The molecule has 2 amide bonds. The zero-order valence-electron chi connectivity index (χ0n) is 29.4. The lowest BCUT2D eigenvalue weighted by molar-refractivity contribution is -0.130. The number of hydrogen-bond donors (Lipinski definition) is 4. The summed E-state index contributed by atoms with van der Waals surface area (Å²) in [6, 6.07) is 1.10. The van der Waals surface area contributed by atoms with Gasteiger partial charge in [0.05, 0.1) is 24.3 Å². The summed E-state index contributed by atoms with van der Waals surface area (Å²) in [4.78, 5) is 35.2. The summed E-state index contributed by atoms with van der Waals surface area (Å²) in [5.74, 6) is 7.31. The Morgan fingerprint density at radius 3 is 2.43 bits per heavy atom. The molecule has 0 aromatic carbocycles. The number of thioether (sulfide) groups is 1. The van der Waals surface area contributed by atoms with Crippen LogP contribution in [0.4, 0.5) is 10.2 Å². The number of aromatic nitrogens is 1. The van der Waals surface area contributed by atoms with Crippen molar-refractivity contribution in [1.29, 1.82) is 0 Å². The maximum absolute atomic E-state index is 14.4. The van der Waals surface area contributed by atoms with Gasteiger partial charge in [-0.05, 0) is 52.8 Å². The van der Waals surface area contributed by atoms with Crippen LogP contribution < -0.4 is 26.4 Å². The maximum Gasteiger partial charge on any atom is 0.255 e. The number of ether oxygens (including phenoxy) is 1. The number of nitrogens with one attached hydrogen (secondary N) is 4. The molecule has 46 heavy (non-hydrogen) atoms. The van der Waals surface area contributed by atoms with Crippen molar-refractivity contribution in [2.75, 3.05) is 32.1 Å². The first-order valence-corrected chi connectivity index (χ1v) is 17.4. The van der Waals surface area contributed by atoms with Crippen molar-refractivity contribution < 1.29 is 18.7 Å². The number of dihydropyridines is 1. The molecule has 4 atom stereocenters. The molecule has 2 saturated heterocycles. The highest BCUT2D eigenvalue weighted by molar-refractivity contribution is 8.00. The van der Waals surface area contributed by atoms with Gasteiger partial charge in [0.25, 0.3) is 5.91 Å². The minimum atomic E-state index is -1.19. The normalized spacial score (nSPS) is 24.0. The highest BCUT2D eigenvalue weighted by atomic mass is 32.2. The molecule has 1 aromatic heterocycles. The fraction of sp³-hybridized carbons (Fsp3) is 0.618. The fourth-order valence-electron chi connectivity index (χ4n) is 4.67. The number of carbonyl (C=O) groups is 2. The third-order valence-electron chi connectivity index (χ3n) is 7.69. The second-order valence-electron chi connectivity index (χ2n) is 10.9. The molecular weight excluding hydrogens is 605 g/mol. The van der Waals surface area contributed by atoms with E-state index in [2.05, 4.69) is 38.3 Å². The second kappa shape index (κ2) is 18.3. The van der Waals surface area contributed by atoms with Crippen molar-refractivity contribution in [3.63, 3.8) is 0 Å². The van der Waals surface area contributed by atoms with Crippen LogP contribution in [0, 0.1) is 17.8 Å². The molecule has 1 saturated carbocycles. The predicted molar refractivity (Wildman–Crippen MR) is 187 cm³/mol. The summed E-state index contributed by atoms with van der Waals surface area (Å²) >= 11 is 1.46. The van der Waals surface area contributed by atoms with E-state index in [0.29, 0.717) is 41.7 Å². The molecule has 4 N–H and O–H groups in total. The van der Waals surface area contributed by atoms with Gasteiger partial charge in [0, 0.05) is 42.5 Å². The Kier molecular flexibility index (Phi) is 15.5. The average molecular weight is 660 g/mol. The lowest BCUT2D eigenvalue weighted by atomic mass is 9.94. The van der Waals surface area contributed by atoms with E-state index in [-0.39, 0.29) is 22.8 Å². The van der Waals surface area contributed by atoms with E-state index in [1.807, 2.05) is 67.3 Å². The third-order valence-corrected chi connectivity index (χ3v) is 8.71. The van der Waals surface area contributed by atoms with Gasteiger partial charge in [-0.1, -0.05) is 65.1 Å². The number of pyridine rings is 1. The standard InChI is InChI=1S/C28H36FN7O3S.3C2H6/c1-16(29)21-12-19(22(39-5)15-30-21)18-13-23(36-11-10-35(4)28(2,3)26(36)38)31-14-20(18)25(37)32-27-34-33-24(40-27)9-8-17-6-7-17;3*1-2/h12-17,21,24,27,30,33-34H,6-7,10-11H2,1-5H3,(H,32,37);3*1-2H3. The van der Waals surface area contributed by atoms with Crippen molar-refractivity contribution in [1.82, 2.24) is 31.4 Å². The number of alkyl halides is 1. The number of anilines is 1. The Balaban J connectivity index is 0.00000116. The van der Waals surface area contributed by atoms with E-state index >= 15 is 0 Å². The highest BCUT2D eigenvalue weighted by Crippen LogP contribution is 2.34. The van der Waals surface area contributed by atoms with Crippen molar-refractivity contribution in [3.05, 3.63) is 41.4 Å². The van der Waals surface area contributed by atoms with E-state index in [1.165, 1.54) is 32.0 Å². The van der Waals surface area contributed by atoms with E-state index < -0.39 is 23.3 Å². The number of amides is 2. The minimum absolute atomic E-state index is 0.0927. The Morgan fingerprint density at radius 2 is 1.83 bits per heavy atom. The Hall–Kier alpha value is -3.11. The quantitative estimate of drug-likeness (QED) is 0.313. The average Bonchev–Trinajstić information content (AvgIpc) is 3.81. The molecule has 1 aliphatic carbocycles. The lowest BCUT2D eigenvalue weighted by Gasteiger charge is -2.43. The van der Waals surface area contributed by atoms with Gasteiger partial charge in [-0.15, -0.1) is 0 Å². The molecule has 4 unspecified atom stereocenters. The van der Waals surface area contributed by atoms with Crippen LogP contribution >= 0.6 is 11.8 Å². The largest absolute Gasteiger partial charge is 0.495 e. The monoisotopic (exact) mass is 659 g/mol. The van der Waals surface area contributed by atoms with Gasteiger partial charge in [0.1, 0.15) is 28.6 Å². The number of carbonyl (C=O) groups excluding carboxylic acids is 2. The molecule has 0 spiro atoms. The number of hydrogen-bond acceptors (Lipinski definition) is 9. The predicted octanol–water partition coefficient (Wildman–Crippen LogP) is 5.01. The SMILES string of the molecule is CC.CC.CC.COC1=CNC(C(C)F)C=C1c1cc(N2CCN(C)C(C)(C)C2=O)ncc1C(=O)NC1NNC(C#CC2CC2)S1. The number of piperazine rings is 1. The molecule has 1 aromatic rings. The number of nitrogens with zero attached hydrogens (tertiary/aromatic N) is 3. The Labute approximate surface area is 279 Å². The van der Waals surface area contributed by atoms with Gasteiger partial charge in [0.15, 0.2) is 0 Å². The van der Waals surface area contributed by atoms with Crippen LogP contribution in [-0.4, -0.2) is 77.6 Å². The van der Waals surface area contributed by atoms with E-state index in [4.69, 9.17) is 4.74 Å². The summed E-state index contributed by atoms with van der Waals surface area (Å²) in [5, 5.41) is 5.84. The van der Waals surface area contributed by atoms with Crippen molar-refractivity contribution in [3.8, 4) is 11.8 Å². The molecule has 3 fully saturated rings. The van der Waals surface area contributed by atoms with Crippen LogP contribution in [0.25, 0.3) is 5.57 Å². The number of halogens is 1. The topological polar surface area (TPSA) is 111 Å². The lowest BCUT2D eigenvalue weighted by Crippen LogP contribution is -2.62. The first kappa shape index (κ1) is 39.1. The highest BCUT2D eigenvalue weighted by Gasteiger charge is 2.41. The first-order valence-electron chi connectivity index (χ1n) is 16.5. The number of likely N-dealkylation sites (N-methyl/N-ethyl adjacent to an activating group) is 1. The molecule has 4 aliphatic rings. The molecule has 256 valence electrons. The van der Waals surface area contributed by atoms with Crippen LogP contribution in [0.2, 0.25) is 0 Å². The zero-order chi connectivity index (χ0) is 34.6. The summed E-state index contributed by atoms with van der Waals surface area (Å²) in [7, 11) is 3.43. The van der Waals surface area contributed by atoms with Gasteiger partial charge < -0.3 is 15.4 Å². The van der Waals surface area contributed by atoms with Crippen LogP contribution in [0.5, 0.6) is 0 Å². The van der Waals surface area contributed by atoms with Gasteiger partial charge in [-0.25, -0.2) is 20.2 Å². The number of hydrazine groups is 1. The van der Waals surface area contributed by atoms with Crippen LogP contribution in [0.15, 0.2) is 30.3 Å². The fourth-order valence-corrected chi connectivity index (χ4v) is 5.52. The molecule has 5 rings (SSSR count). The number of rotatable bonds is 6. The second-order valence-corrected chi connectivity index (χ2v) is 12.1. The van der Waals surface area contributed by atoms with Gasteiger partial charge in [-0.2, -0.15) is 0 Å². The summed E-state index contributed by atoms with van der Waals surface area (Å²) in [6.07, 6.45) is 5.88. The van der Waals surface area contributed by atoms with Gasteiger partial charge >= 0.3 is 0 Å². The first-order chi connectivity index (χ1) is 22.1. The molecule has 10 nitrogen and oxygen atoms in total. The molecule has 0 bridgehead atoms. The molecule has 4 heterocycles. The van der Waals surface area contributed by atoms with Crippen LogP contribution in [0.3, 0.4) is 0 Å². The summed E-state index contributed by atoms with van der Waals surface area (Å²) in [5.41, 5.74) is 6.35. The molecule has 3 aliphatic heterocycles. The summed E-state index contributed by atoms with van der Waals surface area (Å²) < 4.78 is 20.0. The number of methoxy groups -OCH3 is 1. The zero-order valence-corrected chi connectivity index (χ0v) is 30.2. The Morgan fingerprint density at radius 1 is 1.15 bits per heavy atom. The van der Waals surface area contributed by atoms with Crippen molar-refractivity contribution in [2.45, 2.75) is 104 Å². The Bertz CT molecular complexity index is 1300. The number of allylic oxidation sites excluding steroid dienone is 1. The third kappa shape index (κ3) is 9.47. The molecular formula is C34H54FN7O3S. The van der Waals surface area contributed by atoms with Crippen LogP contribution in [-0.2, 0) is 9.53 Å². The van der Waals surface area contributed by atoms with Crippen molar-refractivity contribution >= 4 is 35.0 Å². The van der Waals surface area contributed by atoms with Gasteiger partial charge in [0.2, 0.25) is 5.91 Å². The van der Waals surface area contributed by atoms with E-state index in [0.717, 1.165) is 12.8 Å². The summed E-state index contributed by atoms with van der Waals surface area (Å²) in [6.45, 7) is 18.3. The molecule has 12 heteroatoms. The van der Waals surface area contributed by atoms with Gasteiger partial charge in [-0.3, -0.25) is 19.4 Å². The molecule has 0 radical (unpaired) electrons. The van der Waals surface area contributed by atoms with E-state index in [9.17, 15) is 14.0 Å². The van der Waals surface area contributed by atoms with E-state index in [1.54, 1.807) is 23.2 Å². The maximum atomic E-state index is 14.4. The van der Waals surface area contributed by atoms with Crippen molar-refractivity contribution in [2.24, 2.45) is 5.92 Å².